The number of likely N-dealkylation sites (tertiary alicyclic amines) is 1. The summed E-state index contributed by atoms with van der Waals surface area (Å²) < 4.78 is 5.65. The van der Waals surface area contributed by atoms with Crippen molar-refractivity contribution in [1.82, 2.24) is 10.2 Å². The van der Waals surface area contributed by atoms with Gasteiger partial charge in [-0.3, -0.25) is 0 Å². The number of ether oxygens (including phenoxy) is 1. The zero-order chi connectivity index (χ0) is 23.2. The van der Waals surface area contributed by atoms with Gasteiger partial charge in [-0.1, -0.05) is 12.1 Å². The van der Waals surface area contributed by atoms with Crippen LogP contribution < -0.4 is 5.32 Å². The zero-order valence-electron chi connectivity index (χ0n) is 20.6. The number of carbonyl (C=O) groups is 2. The minimum absolute atomic E-state index is 0.0207. The third kappa shape index (κ3) is 4.65. The second-order valence-electron chi connectivity index (χ2n) is 11.6. The van der Waals surface area contributed by atoms with E-state index in [0.29, 0.717) is 19.6 Å². The summed E-state index contributed by atoms with van der Waals surface area (Å²) in [7, 11) is 0. The van der Waals surface area contributed by atoms with E-state index in [0.717, 1.165) is 56.3 Å². The van der Waals surface area contributed by atoms with Crippen LogP contribution in [0.15, 0.2) is 12.1 Å². The third-order valence-corrected chi connectivity index (χ3v) is 9.04. The first-order valence-corrected chi connectivity index (χ1v) is 13.1. The Labute approximate surface area is 198 Å². The highest BCUT2D eigenvalue weighted by atomic mass is 16.5. The standard InChI is InChI=1S/C28H40N2O3/c1-18-10-21(11-19(2)20(18)3)6-5-9-33-26(31)25-7-4-8-30(25)27(32)29-28-15-22-12-23(16-28)14-24(13-22)17-28/h10-11,22-25H,4-9,12-17H2,1-3H3,(H,29,32). The van der Waals surface area contributed by atoms with Gasteiger partial charge in [0.2, 0.25) is 0 Å². The predicted molar refractivity (Wildman–Crippen MR) is 129 cm³/mol. The molecule has 1 aromatic rings. The second kappa shape index (κ2) is 8.96. The number of carbonyl (C=O) groups excluding carboxylic acids is 2. The third-order valence-electron chi connectivity index (χ3n) is 9.04. The maximum absolute atomic E-state index is 13.3. The molecule has 4 saturated carbocycles. The average Bonchev–Trinajstić information content (AvgIpc) is 3.24. The highest BCUT2D eigenvalue weighted by Gasteiger charge is 2.52. The van der Waals surface area contributed by atoms with Crippen LogP contribution in [-0.4, -0.2) is 41.6 Å². The quantitative estimate of drug-likeness (QED) is 0.475. The van der Waals surface area contributed by atoms with E-state index >= 15 is 0 Å². The molecule has 1 saturated heterocycles. The molecule has 1 N–H and O–H groups in total. The summed E-state index contributed by atoms with van der Waals surface area (Å²) >= 11 is 0. The van der Waals surface area contributed by atoms with Crippen molar-refractivity contribution < 1.29 is 14.3 Å². The van der Waals surface area contributed by atoms with Gasteiger partial charge >= 0.3 is 12.0 Å². The van der Waals surface area contributed by atoms with E-state index < -0.39 is 6.04 Å². The number of aryl methyl sites for hydroxylation is 3. The van der Waals surface area contributed by atoms with Gasteiger partial charge in [-0.2, -0.15) is 0 Å². The largest absolute Gasteiger partial charge is 0.464 e. The Morgan fingerprint density at radius 1 is 1.03 bits per heavy atom. The van der Waals surface area contributed by atoms with E-state index in [1.165, 1.54) is 41.5 Å². The van der Waals surface area contributed by atoms with Crippen molar-refractivity contribution in [1.29, 1.82) is 0 Å². The lowest BCUT2D eigenvalue weighted by atomic mass is 9.53. The lowest BCUT2D eigenvalue weighted by Crippen LogP contribution is -2.62. The van der Waals surface area contributed by atoms with Gasteiger partial charge in [0.15, 0.2) is 0 Å². The van der Waals surface area contributed by atoms with Crippen molar-refractivity contribution in [2.75, 3.05) is 13.2 Å². The summed E-state index contributed by atoms with van der Waals surface area (Å²) in [6.07, 6.45) is 10.7. The molecule has 4 bridgehead atoms. The van der Waals surface area contributed by atoms with Gasteiger partial charge in [-0.25, -0.2) is 9.59 Å². The molecule has 6 rings (SSSR count). The lowest BCUT2D eigenvalue weighted by Gasteiger charge is -2.57. The topological polar surface area (TPSA) is 58.6 Å². The zero-order valence-corrected chi connectivity index (χ0v) is 20.6. The molecule has 5 aliphatic rings. The monoisotopic (exact) mass is 452 g/mol. The molecule has 1 atom stereocenters. The second-order valence-corrected chi connectivity index (χ2v) is 11.6. The Morgan fingerprint density at radius 3 is 2.24 bits per heavy atom. The first-order chi connectivity index (χ1) is 15.8. The molecule has 5 heteroatoms. The first kappa shape index (κ1) is 22.7. The van der Waals surface area contributed by atoms with Crippen LogP contribution >= 0.6 is 0 Å². The molecule has 1 aliphatic heterocycles. The first-order valence-electron chi connectivity index (χ1n) is 13.1. The van der Waals surface area contributed by atoms with E-state index in [-0.39, 0.29) is 17.5 Å². The minimum Gasteiger partial charge on any atom is -0.464 e. The van der Waals surface area contributed by atoms with E-state index in [1.807, 2.05) is 0 Å². The molecule has 180 valence electrons. The number of amides is 2. The molecular formula is C28H40N2O3. The van der Waals surface area contributed by atoms with Crippen LogP contribution in [0.25, 0.3) is 0 Å². The summed E-state index contributed by atoms with van der Waals surface area (Å²) in [5.41, 5.74) is 5.25. The van der Waals surface area contributed by atoms with Crippen molar-refractivity contribution in [2.45, 2.75) is 96.6 Å². The Kier molecular flexibility index (Phi) is 6.17. The van der Waals surface area contributed by atoms with Gasteiger partial charge in [-0.15, -0.1) is 0 Å². The molecule has 1 heterocycles. The predicted octanol–water partition coefficient (Wildman–Crippen LogP) is 5.23. The molecule has 1 unspecified atom stereocenters. The SMILES string of the molecule is Cc1cc(CCCOC(=O)C2CCCN2C(=O)NC23CC4CC(CC(C4)C2)C3)cc(C)c1C. The summed E-state index contributed by atoms with van der Waals surface area (Å²) in [5, 5.41) is 3.43. The van der Waals surface area contributed by atoms with Crippen LogP contribution in [0.3, 0.4) is 0 Å². The number of nitrogens with zero attached hydrogens (tertiary/aromatic N) is 1. The van der Waals surface area contributed by atoms with Crippen LogP contribution in [0.5, 0.6) is 0 Å². The summed E-state index contributed by atoms with van der Waals surface area (Å²) in [6, 6.07) is 4.00. The molecule has 1 aromatic carbocycles. The van der Waals surface area contributed by atoms with Crippen LogP contribution in [0.1, 0.15) is 80.0 Å². The maximum Gasteiger partial charge on any atom is 0.328 e. The van der Waals surface area contributed by atoms with Crippen molar-refractivity contribution >= 4 is 12.0 Å². The van der Waals surface area contributed by atoms with E-state index in [9.17, 15) is 9.59 Å². The van der Waals surface area contributed by atoms with Crippen molar-refractivity contribution in [3.8, 4) is 0 Å². The molecular weight excluding hydrogens is 412 g/mol. The summed E-state index contributed by atoms with van der Waals surface area (Å²) in [4.78, 5) is 27.9. The van der Waals surface area contributed by atoms with Gasteiger partial charge < -0.3 is 15.0 Å². The highest BCUT2D eigenvalue weighted by Crippen LogP contribution is 2.55. The maximum atomic E-state index is 13.3. The van der Waals surface area contributed by atoms with E-state index in [4.69, 9.17) is 4.74 Å². The molecule has 5 nitrogen and oxygen atoms in total. The Balaban J connectivity index is 1.12. The number of hydrogen-bond acceptors (Lipinski definition) is 3. The molecule has 0 radical (unpaired) electrons. The molecule has 5 fully saturated rings. The molecule has 0 aromatic heterocycles. The number of nitrogens with one attached hydrogen (secondary N) is 1. The highest BCUT2D eigenvalue weighted by molar-refractivity contribution is 5.84. The molecule has 0 spiro atoms. The van der Waals surface area contributed by atoms with Gasteiger partial charge in [0.1, 0.15) is 6.04 Å². The van der Waals surface area contributed by atoms with E-state index in [2.05, 4.69) is 38.2 Å². The number of hydrogen-bond donors (Lipinski definition) is 1. The van der Waals surface area contributed by atoms with Crippen LogP contribution in [-0.2, 0) is 16.0 Å². The minimum atomic E-state index is -0.428. The summed E-state index contributed by atoms with van der Waals surface area (Å²) in [5.74, 6) is 2.13. The normalized spacial score (nSPS) is 32.3. The fourth-order valence-electron chi connectivity index (χ4n) is 7.63. The van der Waals surface area contributed by atoms with Crippen LogP contribution in [0, 0.1) is 38.5 Å². The summed E-state index contributed by atoms with van der Waals surface area (Å²) in [6.45, 7) is 7.51. The lowest BCUT2D eigenvalue weighted by molar-refractivity contribution is -0.148. The molecule has 33 heavy (non-hydrogen) atoms. The number of urea groups is 1. The van der Waals surface area contributed by atoms with Gasteiger partial charge in [-0.05, 0) is 125 Å². The smallest absolute Gasteiger partial charge is 0.328 e. The van der Waals surface area contributed by atoms with Crippen molar-refractivity contribution in [3.63, 3.8) is 0 Å². The fourth-order valence-corrected chi connectivity index (χ4v) is 7.63. The molecule has 2 amide bonds. The number of rotatable bonds is 6. The van der Waals surface area contributed by atoms with Crippen molar-refractivity contribution in [3.05, 3.63) is 34.4 Å². The Hall–Kier alpha value is -2.04. The van der Waals surface area contributed by atoms with E-state index in [1.54, 1.807) is 4.90 Å². The van der Waals surface area contributed by atoms with Gasteiger partial charge in [0.25, 0.3) is 0 Å². The number of benzene rings is 1. The van der Waals surface area contributed by atoms with Gasteiger partial charge in [0, 0.05) is 12.1 Å². The molecule has 4 aliphatic carbocycles. The van der Waals surface area contributed by atoms with Crippen molar-refractivity contribution in [2.24, 2.45) is 17.8 Å². The Bertz CT molecular complexity index is 865. The fraction of sp³-hybridized carbons (Fsp3) is 0.714. The van der Waals surface area contributed by atoms with Crippen LogP contribution in [0.2, 0.25) is 0 Å². The Morgan fingerprint density at radius 2 is 1.64 bits per heavy atom. The average molecular weight is 453 g/mol. The number of esters is 1. The van der Waals surface area contributed by atoms with Crippen LogP contribution in [0.4, 0.5) is 4.79 Å². The van der Waals surface area contributed by atoms with Gasteiger partial charge in [0.05, 0.1) is 6.61 Å².